The molecule has 0 radical (unpaired) electrons. The average molecular weight is 389 g/mol. The molecule has 0 saturated heterocycles. The number of ether oxygens (including phenoxy) is 2. The molecule has 1 N–H and O–H groups in total. The minimum atomic E-state index is -0.0497. The first-order valence-corrected chi connectivity index (χ1v) is 8.00. The minimum Gasteiger partial charge on any atom is -0.379 e. The summed E-state index contributed by atoms with van der Waals surface area (Å²) in [5.74, 6) is 0.142. The molecule has 0 heterocycles. The molecule has 0 rings (SSSR count). The van der Waals surface area contributed by atoms with Gasteiger partial charge in [0.15, 0.2) is 0 Å². The van der Waals surface area contributed by atoms with Crippen LogP contribution in [0, 0.1) is 0 Å². The number of rotatable bonds is 12. The van der Waals surface area contributed by atoms with Crippen molar-refractivity contribution in [3.8, 4) is 0 Å². The van der Waals surface area contributed by atoms with Gasteiger partial charge in [0, 0.05) is 19.6 Å². The van der Waals surface area contributed by atoms with Gasteiger partial charge in [0.25, 0.3) is 0 Å². The smallest absolute Gasteiger partial charge is 0.230 e. The molecule has 0 atom stereocenters. The van der Waals surface area contributed by atoms with Gasteiger partial charge in [0.05, 0.1) is 30.5 Å². The molecular weight excluding hydrogens is 370 g/mol. The van der Waals surface area contributed by atoms with E-state index in [4.69, 9.17) is 9.47 Å². The Morgan fingerprint density at radius 3 is 2.22 bits per heavy atom. The second-order valence-electron chi connectivity index (χ2n) is 3.48. The van der Waals surface area contributed by atoms with Crippen LogP contribution in [0.2, 0.25) is 0 Å². The fourth-order valence-corrected chi connectivity index (χ4v) is 1.55. The van der Waals surface area contributed by atoms with E-state index in [2.05, 4.69) is 37.2 Å². The Balaban J connectivity index is 3.07. The van der Waals surface area contributed by atoms with Crippen LogP contribution in [0.4, 0.5) is 0 Å². The van der Waals surface area contributed by atoms with Crippen LogP contribution in [0.15, 0.2) is 0 Å². The van der Waals surface area contributed by atoms with Crippen molar-refractivity contribution in [1.82, 2.24) is 5.32 Å². The van der Waals surface area contributed by atoms with E-state index >= 15 is 0 Å². The van der Waals surface area contributed by atoms with Crippen molar-refractivity contribution in [2.24, 2.45) is 0 Å². The zero-order valence-corrected chi connectivity index (χ0v) is 13.4. The highest BCUT2D eigenvalue weighted by atomic mass is 79.9. The summed E-state index contributed by atoms with van der Waals surface area (Å²) in [6.45, 7) is 2.56. The van der Waals surface area contributed by atoms with E-state index in [1.54, 1.807) is 0 Å². The Hall–Kier alpha value is 0.0200. The topological polar surface area (TPSA) is 64.6 Å². The first kappa shape index (κ1) is 18.0. The predicted octanol–water partition coefficient (Wildman–Crippen LogP) is 1.27. The number of carbonyl (C=O) groups is 2. The molecule has 0 spiro atoms. The quantitative estimate of drug-likeness (QED) is 0.404. The highest BCUT2D eigenvalue weighted by Gasteiger charge is 1.99. The maximum absolute atomic E-state index is 10.9. The summed E-state index contributed by atoms with van der Waals surface area (Å²) in [6, 6.07) is 0. The standard InChI is InChI=1S/C11H19Br2NO4/c12-8-10(15)2-1-4-17-6-7-18-5-3-14-11(16)9-13/h1-9H2,(H,14,16). The number of alkyl halides is 2. The minimum absolute atomic E-state index is 0.0497. The second kappa shape index (κ2) is 13.5. The summed E-state index contributed by atoms with van der Waals surface area (Å²) in [5.41, 5.74) is 0. The molecule has 7 heteroatoms. The van der Waals surface area contributed by atoms with E-state index in [9.17, 15) is 9.59 Å². The van der Waals surface area contributed by atoms with Crippen LogP contribution in [0.1, 0.15) is 12.8 Å². The monoisotopic (exact) mass is 387 g/mol. The van der Waals surface area contributed by atoms with Gasteiger partial charge in [0.1, 0.15) is 5.78 Å². The Morgan fingerprint density at radius 1 is 0.944 bits per heavy atom. The number of amides is 1. The molecule has 1 amide bonds. The van der Waals surface area contributed by atoms with Crippen molar-refractivity contribution in [3.63, 3.8) is 0 Å². The molecule has 0 bridgehead atoms. The van der Waals surface area contributed by atoms with Gasteiger partial charge in [-0.3, -0.25) is 9.59 Å². The van der Waals surface area contributed by atoms with Crippen molar-refractivity contribution in [3.05, 3.63) is 0 Å². The summed E-state index contributed by atoms with van der Waals surface area (Å²) in [6.07, 6.45) is 1.29. The first-order valence-electron chi connectivity index (χ1n) is 5.76. The molecule has 0 aliphatic heterocycles. The Kier molecular flexibility index (Phi) is 13.5. The van der Waals surface area contributed by atoms with Gasteiger partial charge in [-0.05, 0) is 6.42 Å². The molecule has 0 aliphatic rings. The molecule has 0 unspecified atom stereocenters. The van der Waals surface area contributed by atoms with Gasteiger partial charge >= 0.3 is 0 Å². The normalized spacial score (nSPS) is 10.3. The van der Waals surface area contributed by atoms with E-state index in [1.807, 2.05) is 0 Å². The van der Waals surface area contributed by atoms with Gasteiger partial charge in [-0.25, -0.2) is 0 Å². The lowest BCUT2D eigenvalue weighted by Gasteiger charge is -2.06. The lowest BCUT2D eigenvalue weighted by molar-refractivity contribution is -0.119. The molecule has 18 heavy (non-hydrogen) atoms. The largest absolute Gasteiger partial charge is 0.379 e. The number of Topliss-reactive ketones (excluding diaryl/α,β-unsaturated/α-hetero) is 1. The lowest BCUT2D eigenvalue weighted by atomic mass is 10.2. The molecular formula is C11H19Br2NO4. The Labute approximate surface area is 124 Å². The number of hydrogen-bond acceptors (Lipinski definition) is 4. The van der Waals surface area contributed by atoms with E-state index < -0.39 is 0 Å². The zero-order chi connectivity index (χ0) is 13.6. The van der Waals surface area contributed by atoms with Gasteiger partial charge in [0.2, 0.25) is 5.91 Å². The Bertz CT molecular complexity index is 215. The van der Waals surface area contributed by atoms with Crippen LogP contribution in [0.25, 0.3) is 0 Å². The second-order valence-corrected chi connectivity index (χ2v) is 4.61. The number of ketones is 1. The molecule has 0 aliphatic carbocycles. The van der Waals surface area contributed by atoms with E-state index in [0.717, 1.165) is 6.42 Å². The van der Waals surface area contributed by atoms with E-state index in [0.29, 0.717) is 50.1 Å². The maximum Gasteiger partial charge on any atom is 0.230 e. The SMILES string of the molecule is O=C(CBr)CCCOCCOCCNC(=O)CBr. The predicted molar refractivity (Wildman–Crippen MR) is 76.5 cm³/mol. The van der Waals surface area contributed by atoms with Gasteiger partial charge in [-0.15, -0.1) is 0 Å². The van der Waals surface area contributed by atoms with Crippen LogP contribution in [-0.2, 0) is 19.1 Å². The van der Waals surface area contributed by atoms with E-state index in [1.165, 1.54) is 0 Å². The average Bonchev–Trinajstić information content (AvgIpc) is 2.40. The maximum atomic E-state index is 10.9. The molecule has 0 aromatic carbocycles. The van der Waals surface area contributed by atoms with Crippen LogP contribution < -0.4 is 5.32 Å². The highest BCUT2D eigenvalue weighted by molar-refractivity contribution is 9.09. The lowest BCUT2D eigenvalue weighted by Crippen LogP contribution is -2.28. The summed E-state index contributed by atoms with van der Waals surface area (Å²) in [7, 11) is 0. The molecule has 0 aromatic heterocycles. The van der Waals surface area contributed by atoms with Crippen molar-refractivity contribution in [2.45, 2.75) is 12.8 Å². The third kappa shape index (κ3) is 12.5. The molecule has 106 valence electrons. The number of nitrogens with one attached hydrogen (secondary N) is 1. The molecule has 0 fully saturated rings. The summed E-state index contributed by atoms with van der Waals surface area (Å²) in [5, 5.41) is 3.39. The van der Waals surface area contributed by atoms with Crippen molar-refractivity contribution >= 4 is 43.6 Å². The fraction of sp³-hybridized carbons (Fsp3) is 0.818. The van der Waals surface area contributed by atoms with E-state index in [-0.39, 0.29) is 11.7 Å². The third-order valence-corrected chi connectivity index (χ3v) is 3.09. The number of hydrogen-bond donors (Lipinski definition) is 1. The van der Waals surface area contributed by atoms with Gasteiger partial charge < -0.3 is 14.8 Å². The zero-order valence-electron chi connectivity index (χ0n) is 10.3. The first-order chi connectivity index (χ1) is 8.70. The fourth-order valence-electron chi connectivity index (χ4n) is 1.07. The third-order valence-electron chi connectivity index (χ3n) is 1.96. The van der Waals surface area contributed by atoms with Crippen LogP contribution in [0.5, 0.6) is 0 Å². The van der Waals surface area contributed by atoms with Crippen molar-refractivity contribution < 1.29 is 19.1 Å². The number of carbonyl (C=O) groups excluding carboxylic acids is 2. The number of halogens is 2. The molecule has 0 aromatic rings. The van der Waals surface area contributed by atoms with Crippen LogP contribution in [-0.4, -0.2) is 55.3 Å². The van der Waals surface area contributed by atoms with Gasteiger partial charge in [-0.2, -0.15) is 0 Å². The molecule has 0 saturated carbocycles. The van der Waals surface area contributed by atoms with Gasteiger partial charge in [-0.1, -0.05) is 31.9 Å². The summed E-state index contributed by atoms with van der Waals surface area (Å²) in [4.78, 5) is 21.8. The van der Waals surface area contributed by atoms with Crippen molar-refractivity contribution in [2.75, 3.05) is 43.6 Å². The van der Waals surface area contributed by atoms with Crippen molar-refractivity contribution in [1.29, 1.82) is 0 Å². The van der Waals surface area contributed by atoms with Crippen LogP contribution >= 0.6 is 31.9 Å². The summed E-state index contributed by atoms with van der Waals surface area (Å²) >= 11 is 6.15. The Morgan fingerprint density at radius 2 is 1.61 bits per heavy atom. The van der Waals surface area contributed by atoms with Crippen LogP contribution in [0.3, 0.4) is 0 Å². The highest BCUT2D eigenvalue weighted by Crippen LogP contribution is 1.95. The molecule has 5 nitrogen and oxygen atoms in total. The summed E-state index contributed by atoms with van der Waals surface area (Å²) < 4.78 is 10.5.